The third kappa shape index (κ3) is 2.89. The molecule has 0 radical (unpaired) electrons. The number of terminal acetylenes is 1. The fourth-order valence-electron chi connectivity index (χ4n) is 3.82. The highest BCUT2D eigenvalue weighted by Crippen LogP contribution is 2.45. The van der Waals surface area contributed by atoms with Gasteiger partial charge in [-0.25, -0.2) is 4.79 Å². The number of carbonyl (C=O) groups is 4. The summed E-state index contributed by atoms with van der Waals surface area (Å²) in [5, 5.41) is 2.40. The Morgan fingerprint density at radius 2 is 2.04 bits per heavy atom. The largest absolute Gasteiger partial charge is 0.452 e. The molecule has 0 aromatic heterocycles. The highest BCUT2D eigenvalue weighted by molar-refractivity contribution is 6.15. The summed E-state index contributed by atoms with van der Waals surface area (Å²) < 4.78 is 5.23. The van der Waals surface area contributed by atoms with Gasteiger partial charge in [0.25, 0.3) is 11.8 Å². The molecule has 1 aromatic rings. The SMILES string of the molecule is C#CCNC(=O)COC(=O)[C@@]12CCC(=O)N1c1ccccc1C(=O)N2C(C)C. The molecule has 2 aliphatic rings. The second kappa shape index (κ2) is 7.35. The van der Waals surface area contributed by atoms with E-state index in [4.69, 9.17) is 11.2 Å². The minimum atomic E-state index is -1.61. The van der Waals surface area contributed by atoms with Crippen molar-refractivity contribution in [2.75, 3.05) is 18.1 Å². The molecule has 28 heavy (non-hydrogen) atoms. The van der Waals surface area contributed by atoms with Crippen LogP contribution in [0, 0.1) is 12.3 Å². The van der Waals surface area contributed by atoms with E-state index in [-0.39, 0.29) is 37.2 Å². The molecule has 0 spiro atoms. The van der Waals surface area contributed by atoms with Gasteiger partial charge in [0, 0.05) is 18.9 Å². The summed E-state index contributed by atoms with van der Waals surface area (Å²) in [7, 11) is 0. The Morgan fingerprint density at radius 1 is 1.32 bits per heavy atom. The van der Waals surface area contributed by atoms with E-state index in [1.54, 1.807) is 38.1 Å². The number of rotatable bonds is 5. The highest BCUT2D eigenvalue weighted by Gasteiger charge is 2.62. The molecule has 2 aliphatic heterocycles. The summed E-state index contributed by atoms with van der Waals surface area (Å²) in [4.78, 5) is 53.5. The molecular formula is C20H21N3O5. The number of benzene rings is 1. The summed E-state index contributed by atoms with van der Waals surface area (Å²) in [5.41, 5.74) is -0.884. The number of para-hydroxylation sites is 1. The van der Waals surface area contributed by atoms with Gasteiger partial charge < -0.3 is 15.0 Å². The normalized spacial score (nSPS) is 20.5. The number of nitrogens with one attached hydrogen (secondary N) is 1. The van der Waals surface area contributed by atoms with Crippen molar-refractivity contribution in [3.05, 3.63) is 29.8 Å². The Bertz CT molecular complexity index is 888. The maximum atomic E-state index is 13.2. The second-order valence-corrected chi connectivity index (χ2v) is 6.89. The van der Waals surface area contributed by atoms with Crippen LogP contribution in [0.5, 0.6) is 0 Å². The quantitative estimate of drug-likeness (QED) is 0.595. The maximum Gasteiger partial charge on any atom is 0.354 e. The predicted molar refractivity (Wildman–Crippen MR) is 100 cm³/mol. The second-order valence-electron chi connectivity index (χ2n) is 6.89. The molecule has 0 aliphatic carbocycles. The Kier molecular flexibility index (Phi) is 5.10. The van der Waals surface area contributed by atoms with E-state index >= 15 is 0 Å². The van der Waals surface area contributed by atoms with Crippen molar-refractivity contribution in [3.63, 3.8) is 0 Å². The third-order valence-electron chi connectivity index (χ3n) is 4.86. The zero-order valence-corrected chi connectivity index (χ0v) is 15.7. The van der Waals surface area contributed by atoms with Crippen LogP contribution in [0.1, 0.15) is 37.0 Å². The monoisotopic (exact) mass is 383 g/mol. The van der Waals surface area contributed by atoms with E-state index in [0.29, 0.717) is 11.3 Å². The lowest BCUT2D eigenvalue weighted by Crippen LogP contribution is -2.70. The molecule has 2 heterocycles. The van der Waals surface area contributed by atoms with Gasteiger partial charge in [-0.1, -0.05) is 18.1 Å². The molecule has 1 atom stereocenters. The van der Waals surface area contributed by atoms with Gasteiger partial charge in [0.2, 0.25) is 11.6 Å². The minimum Gasteiger partial charge on any atom is -0.452 e. The van der Waals surface area contributed by atoms with E-state index in [9.17, 15) is 19.2 Å². The summed E-state index contributed by atoms with van der Waals surface area (Å²) in [6, 6.07) is 6.29. The topological polar surface area (TPSA) is 96.0 Å². The van der Waals surface area contributed by atoms with Gasteiger partial charge in [-0.05, 0) is 26.0 Å². The molecule has 1 N–H and O–H groups in total. The average molecular weight is 383 g/mol. The van der Waals surface area contributed by atoms with Crippen LogP contribution < -0.4 is 10.2 Å². The van der Waals surface area contributed by atoms with Crippen molar-refractivity contribution < 1.29 is 23.9 Å². The lowest BCUT2D eigenvalue weighted by Gasteiger charge is -2.50. The van der Waals surface area contributed by atoms with Crippen LogP contribution in [0.4, 0.5) is 5.69 Å². The number of hydrogen-bond donors (Lipinski definition) is 1. The first kappa shape index (κ1) is 19.4. The van der Waals surface area contributed by atoms with Crippen LogP contribution in [0.3, 0.4) is 0 Å². The molecule has 0 unspecified atom stereocenters. The number of ether oxygens (including phenoxy) is 1. The Balaban J connectivity index is 2.01. The molecule has 8 nitrogen and oxygen atoms in total. The van der Waals surface area contributed by atoms with Crippen LogP contribution in [-0.2, 0) is 19.1 Å². The summed E-state index contributed by atoms with van der Waals surface area (Å²) in [6.45, 7) is 2.99. The number of anilines is 1. The van der Waals surface area contributed by atoms with Crippen molar-refractivity contribution in [2.24, 2.45) is 0 Å². The molecule has 8 heteroatoms. The molecule has 1 aromatic carbocycles. The van der Waals surface area contributed by atoms with Crippen LogP contribution in [0.15, 0.2) is 24.3 Å². The predicted octanol–water partition coefficient (Wildman–Crippen LogP) is 0.667. The lowest BCUT2D eigenvalue weighted by atomic mass is 9.95. The Labute approximate surface area is 162 Å². The van der Waals surface area contributed by atoms with Gasteiger partial charge in [0.1, 0.15) is 0 Å². The average Bonchev–Trinajstić information content (AvgIpc) is 3.02. The van der Waals surface area contributed by atoms with E-state index in [1.807, 2.05) is 0 Å². The van der Waals surface area contributed by atoms with Gasteiger partial charge in [0.05, 0.1) is 17.8 Å². The zero-order valence-electron chi connectivity index (χ0n) is 15.7. The molecule has 1 fully saturated rings. The van der Waals surface area contributed by atoms with Gasteiger partial charge >= 0.3 is 5.97 Å². The Hall–Kier alpha value is -3.34. The number of esters is 1. The molecule has 0 saturated carbocycles. The van der Waals surface area contributed by atoms with Crippen molar-refractivity contribution >= 4 is 29.4 Å². The molecule has 3 rings (SSSR count). The van der Waals surface area contributed by atoms with Crippen molar-refractivity contribution in [3.8, 4) is 12.3 Å². The first-order chi connectivity index (χ1) is 13.3. The van der Waals surface area contributed by atoms with Gasteiger partial charge in [-0.15, -0.1) is 6.42 Å². The van der Waals surface area contributed by atoms with E-state index in [0.717, 1.165) is 0 Å². The van der Waals surface area contributed by atoms with Crippen molar-refractivity contribution in [1.82, 2.24) is 10.2 Å². The first-order valence-corrected chi connectivity index (χ1v) is 8.97. The minimum absolute atomic E-state index is 0.0100. The smallest absolute Gasteiger partial charge is 0.354 e. The molecule has 0 bridgehead atoms. The molecular weight excluding hydrogens is 362 g/mol. The number of fused-ring (bicyclic) bond motifs is 3. The standard InChI is InChI=1S/C20H21N3O5/c1-4-11-21-16(24)12-28-19(27)20-10-9-17(25)23(20)15-8-6-5-7-14(15)18(26)22(20)13(2)3/h1,5-8,13H,9-12H2,2-3H3,(H,21,24)/t20-/m1/s1. The van der Waals surface area contributed by atoms with E-state index < -0.39 is 24.1 Å². The van der Waals surface area contributed by atoms with Crippen molar-refractivity contribution in [2.45, 2.75) is 38.4 Å². The van der Waals surface area contributed by atoms with Crippen LogP contribution >= 0.6 is 0 Å². The first-order valence-electron chi connectivity index (χ1n) is 8.97. The highest BCUT2D eigenvalue weighted by atomic mass is 16.5. The van der Waals surface area contributed by atoms with Gasteiger partial charge in [-0.2, -0.15) is 0 Å². The number of carbonyl (C=O) groups excluding carboxylic acids is 4. The van der Waals surface area contributed by atoms with Gasteiger partial charge in [-0.3, -0.25) is 19.3 Å². The molecule has 3 amide bonds. The maximum absolute atomic E-state index is 13.2. The van der Waals surface area contributed by atoms with E-state index in [1.165, 1.54) is 9.80 Å². The summed E-state index contributed by atoms with van der Waals surface area (Å²) >= 11 is 0. The van der Waals surface area contributed by atoms with Crippen LogP contribution in [0.25, 0.3) is 0 Å². The van der Waals surface area contributed by atoms with Crippen LogP contribution in [-0.4, -0.2) is 53.4 Å². The summed E-state index contributed by atoms with van der Waals surface area (Å²) in [6.07, 6.45) is 5.26. The summed E-state index contributed by atoms with van der Waals surface area (Å²) in [5.74, 6) is 0.245. The third-order valence-corrected chi connectivity index (χ3v) is 4.86. The fraction of sp³-hybridized carbons (Fsp3) is 0.400. The zero-order chi connectivity index (χ0) is 20.5. The number of hydrogen-bond acceptors (Lipinski definition) is 5. The Morgan fingerprint density at radius 3 is 2.71 bits per heavy atom. The number of nitrogens with zero attached hydrogens (tertiary/aromatic N) is 2. The van der Waals surface area contributed by atoms with Crippen molar-refractivity contribution in [1.29, 1.82) is 0 Å². The fourth-order valence-corrected chi connectivity index (χ4v) is 3.82. The number of amides is 3. The van der Waals surface area contributed by atoms with Crippen LogP contribution in [0.2, 0.25) is 0 Å². The molecule has 146 valence electrons. The van der Waals surface area contributed by atoms with E-state index in [2.05, 4.69) is 11.2 Å². The lowest BCUT2D eigenvalue weighted by molar-refractivity contribution is -0.161. The van der Waals surface area contributed by atoms with Gasteiger partial charge in [0.15, 0.2) is 6.61 Å². The molecule has 1 saturated heterocycles.